The zero-order chi connectivity index (χ0) is 17.5. The lowest BCUT2D eigenvalue weighted by Gasteiger charge is -2.40. The SMILES string of the molecule is CC1(C)C=C2Cc3c4c(ccc3=C2C(C)(C)C1)=CC(C(C)(C)C)=C4. The molecule has 1 aromatic rings. The van der Waals surface area contributed by atoms with Crippen LogP contribution in [0.2, 0.25) is 0 Å². The summed E-state index contributed by atoms with van der Waals surface area (Å²) in [6, 6.07) is 4.73. The quantitative estimate of drug-likeness (QED) is 0.631. The predicted molar refractivity (Wildman–Crippen MR) is 105 cm³/mol. The molecule has 0 bridgehead atoms. The minimum absolute atomic E-state index is 0.213. The molecule has 3 aliphatic rings. The molecule has 126 valence electrons. The second-order valence-corrected chi connectivity index (χ2v) is 10.4. The first kappa shape index (κ1) is 15.9. The molecule has 0 fully saturated rings. The van der Waals surface area contributed by atoms with E-state index in [1.54, 1.807) is 16.7 Å². The highest BCUT2D eigenvalue weighted by Gasteiger charge is 2.40. The van der Waals surface area contributed by atoms with E-state index in [4.69, 9.17) is 0 Å². The van der Waals surface area contributed by atoms with Crippen molar-refractivity contribution in [1.29, 1.82) is 0 Å². The summed E-state index contributed by atoms with van der Waals surface area (Å²) in [7, 11) is 0. The van der Waals surface area contributed by atoms with E-state index in [-0.39, 0.29) is 10.8 Å². The van der Waals surface area contributed by atoms with Gasteiger partial charge >= 0.3 is 0 Å². The fourth-order valence-electron chi connectivity index (χ4n) is 5.33. The van der Waals surface area contributed by atoms with Crippen molar-refractivity contribution in [2.24, 2.45) is 16.2 Å². The fourth-order valence-corrected chi connectivity index (χ4v) is 5.33. The molecule has 0 heterocycles. The molecule has 0 spiro atoms. The lowest BCUT2D eigenvalue weighted by molar-refractivity contribution is 0.292. The summed E-state index contributed by atoms with van der Waals surface area (Å²) < 4.78 is 0. The smallest absolute Gasteiger partial charge is 0.00134 e. The molecule has 0 saturated heterocycles. The van der Waals surface area contributed by atoms with Crippen LogP contribution in [-0.4, -0.2) is 0 Å². The number of allylic oxidation sites excluding steroid dienone is 3. The van der Waals surface area contributed by atoms with E-state index in [1.165, 1.54) is 28.0 Å². The molecule has 0 unspecified atom stereocenters. The molecule has 4 rings (SSSR count). The minimum Gasteiger partial charge on any atom is -0.0750 e. The van der Waals surface area contributed by atoms with E-state index in [9.17, 15) is 0 Å². The van der Waals surface area contributed by atoms with E-state index < -0.39 is 0 Å². The summed E-state index contributed by atoms with van der Waals surface area (Å²) in [5.74, 6) is 0. The van der Waals surface area contributed by atoms with Gasteiger partial charge < -0.3 is 0 Å². The van der Waals surface area contributed by atoms with Crippen molar-refractivity contribution in [3.8, 4) is 0 Å². The van der Waals surface area contributed by atoms with Crippen LogP contribution in [0.5, 0.6) is 0 Å². The maximum atomic E-state index is 2.55. The van der Waals surface area contributed by atoms with Crippen LogP contribution in [0, 0.1) is 16.2 Å². The maximum Gasteiger partial charge on any atom is -0.00134 e. The zero-order valence-electron chi connectivity index (χ0n) is 16.3. The van der Waals surface area contributed by atoms with Gasteiger partial charge in [-0.05, 0) is 67.4 Å². The van der Waals surface area contributed by atoms with Gasteiger partial charge in [-0.25, -0.2) is 0 Å². The number of hydrogen-bond donors (Lipinski definition) is 0. The van der Waals surface area contributed by atoms with E-state index in [0.717, 1.165) is 6.42 Å². The van der Waals surface area contributed by atoms with E-state index >= 15 is 0 Å². The molecule has 3 aliphatic carbocycles. The normalized spacial score (nSPS) is 23.0. The van der Waals surface area contributed by atoms with Crippen LogP contribution in [-0.2, 0) is 6.42 Å². The molecule has 0 aromatic heterocycles. The van der Waals surface area contributed by atoms with Gasteiger partial charge in [0.05, 0.1) is 0 Å². The summed E-state index contributed by atoms with van der Waals surface area (Å²) in [6.45, 7) is 16.6. The Kier molecular flexibility index (Phi) is 3.01. The highest BCUT2D eigenvalue weighted by atomic mass is 14.4. The van der Waals surface area contributed by atoms with E-state index in [2.05, 4.69) is 78.8 Å². The van der Waals surface area contributed by atoms with E-state index in [0.29, 0.717) is 5.41 Å². The second-order valence-electron chi connectivity index (χ2n) is 10.4. The van der Waals surface area contributed by atoms with Crippen molar-refractivity contribution in [3.63, 3.8) is 0 Å². The highest BCUT2D eigenvalue weighted by Crippen LogP contribution is 2.51. The molecule has 0 saturated carbocycles. The van der Waals surface area contributed by atoms with Crippen LogP contribution in [0.4, 0.5) is 0 Å². The van der Waals surface area contributed by atoms with Crippen LogP contribution >= 0.6 is 0 Å². The summed E-state index contributed by atoms with van der Waals surface area (Å²) in [4.78, 5) is 0. The first-order valence-electron chi connectivity index (χ1n) is 9.31. The lowest BCUT2D eigenvalue weighted by atomic mass is 9.64. The Bertz CT molecular complexity index is 921. The topological polar surface area (TPSA) is 0 Å². The van der Waals surface area contributed by atoms with Gasteiger partial charge in [0, 0.05) is 0 Å². The molecule has 0 nitrogen and oxygen atoms in total. The van der Waals surface area contributed by atoms with Gasteiger partial charge in [-0.1, -0.05) is 78.8 Å². The van der Waals surface area contributed by atoms with Gasteiger partial charge in [-0.15, -0.1) is 0 Å². The molecule has 0 N–H and O–H groups in total. The Labute approximate surface area is 146 Å². The summed E-state index contributed by atoms with van der Waals surface area (Å²) >= 11 is 0. The van der Waals surface area contributed by atoms with Crippen molar-refractivity contribution in [2.75, 3.05) is 0 Å². The van der Waals surface area contributed by atoms with Crippen LogP contribution < -0.4 is 10.4 Å². The molecular formula is C24H30. The third kappa shape index (κ3) is 2.26. The molecule has 1 aromatic carbocycles. The lowest BCUT2D eigenvalue weighted by Crippen LogP contribution is -2.30. The minimum atomic E-state index is 0.213. The van der Waals surface area contributed by atoms with Gasteiger partial charge in [0.15, 0.2) is 0 Å². The standard InChI is InChI=1S/C24H30/c1-22(2,3)17-10-15-8-9-18-20(19(15)12-17)11-16-13-23(4,5)14-24(6,7)21(16)18/h8-10,12-13H,11,14H2,1-7H3. The van der Waals surface area contributed by atoms with Gasteiger partial charge in [0.2, 0.25) is 0 Å². The molecule has 0 amide bonds. The summed E-state index contributed by atoms with van der Waals surface area (Å²) in [5, 5.41) is 2.93. The highest BCUT2D eigenvalue weighted by molar-refractivity contribution is 5.82. The van der Waals surface area contributed by atoms with Crippen LogP contribution in [0.3, 0.4) is 0 Å². The average molecular weight is 319 g/mol. The third-order valence-electron chi connectivity index (χ3n) is 5.96. The Morgan fingerprint density at radius 1 is 0.958 bits per heavy atom. The maximum absolute atomic E-state index is 2.55. The van der Waals surface area contributed by atoms with Gasteiger partial charge in [0.25, 0.3) is 0 Å². The molecule has 0 heteroatoms. The predicted octanol–water partition coefficient (Wildman–Crippen LogP) is 5.00. The number of rotatable bonds is 0. The molecule has 24 heavy (non-hydrogen) atoms. The van der Waals surface area contributed by atoms with Gasteiger partial charge in [-0.2, -0.15) is 0 Å². The van der Waals surface area contributed by atoms with Crippen molar-refractivity contribution in [2.45, 2.75) is 61.3 Å². The fraction of sp³-hybridized carbons (Fsp3) is 0.500. The Morgan fingerprint density at radius 3 is 2.33 bits per heavy atom. The van der Waals surface area contributed by atoms with E-state index in [1.807, 2.05) is 0 Å². The van der Waals surface area contributed by atoms with Crippen molar-refractivity contribution >= 4 is 17.7 Å². The first-order chi connectivity index (χ1) is 11.0. The Balaban J connectivity index is 1.98. The third-order valence-corrected chi connectivity index (χ3v) is 5.96. The van der Waals surface area contributed by atoms with Crippen molar-refractivity contribution < 1.29 is 0 Å². The average Bonchev–Trinajstić information content (AvgIpc) is 2.94. The van der Waals surface area contributed by atoms with Crippen molar-refractivity contribution in [1.82, 2.24) is 0 Å². The Hall–Kier alpha value is -1.56. The summed E-state index contributed by atoms with van der Waals surface area (Å²) in [6.07, 6.45) is 9.73. The van der Waals surface area contributed by atoms with Gasteiger partial charge in [0.1, 0.15) is 0 Å². The Morgan fingerprint density at radius 2 is 1.67 bits per heavy atom. The largest absolute Gasteiger partial charge is 0.0750 e. The number of hydrogen-bond acceptors (Lipinski definition) is 0. The van der Waals surface area contributed by atoms with Crippen molar-refractivity contribution in [3.05, 3.63) is 50.9 Å². The molecule has 0 aliphatic heterocycles. The second kappa shape index (κ2) is 4.54. The number of benzene rings is 1. The van der Waals surface area contributed by atoms with Gasteiger partial charge in [-0.3, -0.25) is 0 Å². The number of fused-ring (bicyclic) bond motifs is 4. The first-order valence-corrected chi connectivity index (χ1v) is 9.31. The van der Waals surface area contributed by atoms with Crippen LogP contribution in [0.1, 0.15) is 66.0 Å². The van der Waals surface area contributed by atoms with Crippen LogP contribution in [0.25, 0.3) is 17.7 Å². The monoisotopic (exact) mass is 318 g/mol. The zero-order valence-corrected chi connectivity index (χ0v) is 16.3. The molecular weight excluding hydrogens is 288 g/mol. The summed E-state index contributed by atoms with van der Waals surface area (Å²) in [5.41, 5.74) is 8.46. The molecule has 0 radical (unpaired) electrons. The van der Waals surface area contributed by atoms with Crippen LogP contribution in [0.15, 0.2) is 29.4 Å². The molecule has 0 atom stereocenters.